The summed E-state index contributed by atoms with van der Waals surface area (Å²) < 4.78 is 4.41. The van der Waals surface area contributed by atoms with Gasteiger partial charge in [-0.3, -0.25) is 0 Å². The topological polar surface area (TPSA) is 128 Å². The van der Waals surface area contributed by atoms with Gasteiger partial charge >= 0.3 is 11.9 Å². The molecule has 21 heavy (non-hydrogen) atoms. The van der Waals surface area contributed by atoms with Crippen LogP contribution >= 0.6 is 0 Å². The predicted octanol–water partition coefficient (Wildman–Crippen LogP) is 1.45. The molecule has 0 atom stereocenters. The lowest BCUT2D eigenvalue weighted by atomic mass is 9.83. The largest absolute Gasteiger partial charge is 0.475 e. The molecule has 1 aliphatic rings. The molecule has 2 rings (SSSR count). The van der Waals surface area contributed by atoms with Crippen molar-refractivity contribution in [2.75, 3.05) is 13.2 Å². The van der Waals surface area contributed by atoms with Gasteiger partial charge in [0.15, 0.2) is 0 Å². The Labute approximate surface area is 121 Å². The molecule has 0 bridgehead atoms. The SMILES string of the molecule is O=C(O)c1ccc(C(=O)O)o1.OCC1CCC(CO)CC1. The summed E-state index contributed by atoms with van der Waals surface area (Å²) in [4.78, 5) is 20.3. The summed E-state index contributed by atoms with van der Waals surface area (Å²) in [7, 11) is 0. The molecule has 118 valence electrons. The van der Waals surface area contributed by atoms with Crippen molar-refractivity contribution in [3.8, 4) is 0 Å². The summed E-state index contributed by atoms with van der Waals surface area (Å²) in [6.45, 7) is 0.663. The minimum absolute atomic E-state index is 0.331. The summed E-state index contributed by atoms with van der Waals surface area (Å²) in [5.41, 5.74) is 0. The number of rotatable bonds is 4. The first-order valence-electron chi connectivity index (χ1n) is 6.76. The van der Waals surface area contributed by atoms with E-state index in [1.165, 1.54) is 0 Å². The quantitative estimate of drug-likeness (QED) is 0.662. The first-order chi connectivity index (χ1) is 9.97. The van der Waals surface area contributed by atoms with Crippen molar-refractivity contribution in [3.63, 3.8) is 0 Å². The first kappa shape index (κ1) is 17.2. The molecule has 0 spiro atoms. The second-order valence-electron chi connectivity index (χ2n) is 5.03. The maximum absolute atomic E-state index is 10.2. The van der Waals surface area contributed by atoms with Gasteiger partial charge in [0.2, 0.25) is 11.5 Å². The Kier molecular flexibility index (Phi) is 6.90. The van der Waals surface area contributed by atoms with Crippen LogP contribution in [0.3, 0.4) is 0 Å². The predicted molar refractivity (Wildman–Crippen MR) is 72.2 cm³/mol. The molecule has 0 aromatic carbocycles. The van der Waals surface area contributed by atoms with Gasteiger partial charge in [0.25, 0.3) is 0 Å². The van der Waals surface area contributed by atoms with E-state index in [4.69, 9.17) is 20.4 Å². The number of hydrogen-bond donors (Lipinski definition) is 4. The molecule has 1 saturated carbocycles. The Morgan fingerprint density at radius 2 is 1.24 bits per heavy atom. The Balaban J connectivity index is 0.000000211. The van der Waals surface area contributed by atoms with Crippen molar-refractivity contribution in [1.82, 2.24) is 0 Å². The molecule has 7 nitrogen and oxygen atoms in total. The fraction of sp³-hybridized carbons (Fsp3) is 0.571. The summed E-state index contributed by atoms with van der Waals surface area (Å²) in [5, 5.41) is 34.2. The van der Waals surface area contributed by atoms with Gasteiger partial charge in [-0.05, 0) is 49.7 Å². The highest BCUT2D eigenvalue weighted by Gasteiger charge is 2.19. The van der Waals surface area contributed by atoms with Crippen molar-refractivity contribution in [2.24, 2.45) is 11.8 Å². The standard InChI is InChI=1S/C8H16O2.C6H4O5/c9-5-7-1-2-8(6-10)4-3-7;7-5(8)3-1-2-4(11-3)6(9)10/h7-10H,1-6H2;1-2H,(H,7,8)(H,9,10). The van der Waals surface area contributed by atoms with Crippen LogP contribution in [-0.2, 0) is 0 Å². The lowest BCUT2D eigenvalue weighted by molar-refractivity contribution is 0.0631. The fourth-order valence-electron chi connectivity index (χ4n) is 2.16. The van der Waals surface area contributed by atoms with Crippen LogP contribution in [0.25, 0.3) is 0 Å². The molecule has 1 aromatic heterocycles. The molecule has 0 unspecified atom stereocenters. The van der Waals surface area contributed by atoms with Crippen LogP contribution in [0.5, 0.6) is 0 Å². The Morgan fingerprint density at radius 3 is 1.43 bits per heavy atom. The third kappa shape index (κ3) is 5.57. The van der Waals surface area contributed by atoms with Gasteiger partial charge in [0.1, 0.15) is 0 Å². The minimum Gasteiger partial charge on any atom is -0.475 e. The lowest BCUT2D eigenvalue weighted by Crippen LogP contribution is -2.19. The third-order valence-electron chi connectivity index (χ3n) is 3.51. The molecular formula is C14H20O7. The molecule has 0 saturated heterocycles. The van der Waals surface area contributed by atoms with Crippen LogP contribution < -0.4 is 0 Å². The molecule has 1 fully saturated rings. The van der Waals surface area contributed by atoms with Crippen molar-refractivity contribution < 1.29 is 34.4 Å². The van der Waals surface area contributed by atoms with E-state index in [0.29, 0.717) is 25.0 Å². The number of aromatic carboxylic acids is 2. The van der Waals surface area contributed by atoms with E-state index in [2.05, 4.69) is 4.42 Å². The van der Waals surface area contributed by atoms with Gasteiger partial charge in [-0.2, -0.15) is 0 Å². The third-order valence-corrected chi connectivity index (χ3v) is 3.51. The first-order valence-corrected chi connectivity index (χ1v) is 6.76. The van der Waals surface area contributed by atoms with Crippen LogP contribution in [0.1, 0.15) is 46.8 Å². The van der Waals surface area contributed by atoms with Gasteiger partial charge in [0, 0.05) is 13.2 Å². The number of carboxylic acids is 2. The van der Waals surface area contributed by atoms with Crippen LogP contribution in [0.4, 0.5) is 0 Å². The zero-order chi connectivity index (χ0) is 15.8. The molecule has 1 aromatic rings. The maximum atomic E-state index is 10.2. The van der Waals surface area contributed by atoms with Gasteiger partial charge in [-0.15, -0.1) is 0 Å². The molecule has 0 amide bonds. The van der Waals surface area contributed by atoms with E-state index in [0.717, 1.165) is 37.8 Å². The van der Waals surface area contributed by atoms with Crippen molar-refractivity contribution >= 4 is 11.9 Å². The van der Waals surface area contributed by atoms with Crippen LogP contribution in [-0.4, -0.2) is 45.6 Å². The number of hydrogen-bond acceptors (Lipinski definition) is 5. The molecule has 1 aliphatic carbocycles. The Hall–Kier alpha value is -1.86. The molecule has 1 heterocycles. The second kappa shape index (κ2) is 8.43. The number of aliphatic hydroxyl groups excluding tert-OH is 2. The number of furan rings is 1. The highest BCUT2D eigenvalue weighted by molar-refractivity contribution is 5.88. The van der Waals surface area contributed by atoms with Gasteiger partial charge in [-0.1, -0.05) is 0 Å². The van der Waals surface area contributed by atoms with Crippen LogP contribution in [0.2, 0.25) is 0 Å². The molecule has 0 radical (unpaired) electrons. The normalized spacial score (nSPS) is 21.2. The monoisotopic (exact) mass is 300 g/mol. The van der Waals surface area contributed by atoms with E-state index in [9.17, 15) is 9.59 Å². The Bertz CT molecular complexity index is 417. The summed E-state index contributed by atoms with van der Waals surface area (Å²) >= 11 is 0. The summed E-state index contributed by atoms with van der Waals surface area (Å²) in [5.74, 6) is -2.27. The Morgan fingerprint density at radius 1 is 0.905 bits per heavy atom. The molecular weight excluding hydrogens is 280 g/mol. The van der Waals surface area contributed by atoms with Crippen molar-refractivity contribution in [1.29, 1.82) is 0 Å². The van der Waals surface area contributed by atoms with E-state index < -0.39 is 11.9 Å². The average Bonchev–Trinajstić information content (AvgIpc) is 2.98. The minimum atomic E-state index is -1.28. The second-order valence-corrected chi connectivity index (χ2v) is 5.03. The summed E-state index contributed by atoms with van der Waals surface area (Å²) in [6, 6.07) is 2.18. The molecule has 7 heteroatoms. The van der Waals surface area contributed by atoms with Gasteiger partial charge in [-0.25, -0.2) is 9.59 Å². The summed E-state index contributed by atoms with van der Waals surface area (Å²) in [6.07, 6.45) is 4.40. The number of aliphatic hydroxyl groups is 2. The van der Waals surface area contributed by atoms with Crippen LogP contribution in [0.15, 0.2) is 16.5 Å². The number of carboxylic acid groups (broad SMARTS) is 2. The van der Waals surface area contributed by atoms with Crippen molar-refractivity contribution in [3.05, 3.63) is 23.7 Å². The zero-order valence-electron chi connectivity index (χ0n) is 11.6. The number of carbonyl (C=O) groups is 2. The van der Waals surface area contributed by atoms with E-state index >= 15 is 0 Å². The van der Waals surface area contributed by atoms with E-state index in [1.54, 1.807) is 0 Å². The molecule has 4 N–H and O–H groups in total. The van der Waals surface area contributed by atoms with Gasteiger partial charge < -0.3 is 24.8 Å². The van der Waals surface area contributed by atoms with Gasteiger partial charge in [0.05, 0.1) is 0 Å². The average molecular weight is 300 g/mol. The smallest absolute Gasteiger partial charge is 0.371 e. The van der Waals surface area contributed by atoms with E-state index in [1.807, 2.05) is 0 Å². The lowest BCUT2D eigenvalue weighted by Gasteiger charge is -2.25. The maximum Gasteiger partial charge on any atom is 0.371 e. The molecule has 0 aliphatic heterocycles. The zero-order valence-corrected chi connectivity index (χ0v) is 11.6. The fourth-order valence-corrected chi connectivity index (χ4v) is 2.16. The van der Waals surface area contributed by atoms with Crippen LogP contribution in [0, 0.1) is 11.8 Å². The van der Waals surface area contributed by atoms with E-state index in [-0.39, 0.29) is 11.5 Å². The highest BCUT2D eigenvalue weighted by atomic mass is 16.4. The van der Waals surface area contributed by atoms with Crippen molar-refractivity contribution in [2.45, 2.75) is 25.7 Å². The highest BCUT2D eigenvalue weighted by Crippen LogP contribution is 2.27.